The molecule has 0 unspecified atom stereocenters. The van der Waals surface area contributed by atoms with Gasteiger partial charge in [0.2, 0.25) is 11.9 Å². The maximum atomic E-state index is 13.4. The highest BCUT2D eigenvalue weighted by atomic mass is 19.1. The third kappa shape index (κ3) is 5.01. The standard InChI is InChI=1S/C20H19FN4O2/c1-14-10-19(27)25(13-18(26)22-12-15-6-3-2-4-7-15)20(23-14)24-17-9-5-8-16(21)11-17/h2-11H,12-13H2,1H3,(H,22,26)(H,23,24). The molecule has 0 aliphatic carbocycles. The summed E-state index contributed by atoms with van der Waals surface area (Å²) in [6.45, 7) is 1.84. The Labute approximate surface area is 155 Å². The monoisotopic (exact) mass is 366 g/mol. The van der Waals surface area contributed by atoms with E-state index >= 15 is 0 Å². The molecule has 6 nitrogen and oxygen atoms in total. The third-order valence-electron chi connectivity index (χ3n) is 3.85. The number of halogens is 1. The van der Waals surface area contributed by atoms with Gasteiger partial charge in [-0.2, -0.15) is 0 Å². The van der Waals surface area contributed by atoms with Crippen molar-refractivity contribution in [1.29, 1.82) is 0 Å². The highest BCUT2D eigenvalue weighted by Gasteiger charge is 2.12. The molecule has 0 radical (unpaired) electrons. The Kier molecular flexibility index (Phi) is 5.61. The minimum Gasteiger partial charge on any atom is -0.350 e. The highest BCUT2D eigenvalue weighted by molar-refractivity contribution is 5.76. The van der Waals surface area contributed by atoms with Crippen LogP contribution in [0.4, 0.5) is 16.0 Å². The largest absolute Gasteiger partial charge is 0.350 e. The molecule has 3 rings (SSSR count). The van der Waals surface area contributed by atoms with Gasteiger partial charge in [-0.3, -0.25) is 14.2 Å². The summed E-state index contributed by atoms with van der Waals surface area (Å²) in [7, 11) is 0. The van der Waals surface area contributed by atoms with Crippen molar-refractivity contribution in [2.24, 2.45) is 0 Å². The van der Waals surface area contributed by atoms with E-state index in [9.17, 15) is 14.0 Å². The van der Waals surface area contributed by atoms with Gasteiger partial charge in [0.1, 0.15) is 12.4 Å². The van der Waals surface area contributed by atoms with E-state index in [4.69, 9.17) is 0 Å². The molecular formula is C20H19FN4O2. The van der Waals surface area contributed by atoms with Crippen LogP contribution in [0.2, 0.25) is 0 Å². The fraction of sp³-hybridized carbons (Fsp3) is 0.150. The molecule has 3 aromatic rings. The molecule has 0 aliphatic rings. The number of anilines is 2. The molecule has 2 N–H and O–H groups in total. The van der Waals surface area contributed by atoms with Crippen molar-refractivity contribution in [3.05, 3.63) is 88.1 Å². The number of nitrogens with one attached hydrogen (secondary N) is 2. The Balaban J connectivity index is 1.77. The number of carbonyl (C=O) groups excluding carboxylic acids is 1. The molecule has 7 heteroatoms. The first-order valence-electron chi connectivity index (χ1n) is 8.43. The van der Waals surface area contributed by atoms with Crippen molar-refractivity contribution in [1.82, 2.24) is 14.9 Å². The highest BCUT2D eigenvalue weighted by Crippen LogP contribution is 2.15. The van der Waals surface area contributed by atoms with Crippen molar-refractivity contribution >= 4 is 17.5 Å². The lowest BCUT2D eigenvalue weighted by Gasteiger charge is -2.14. The summed E-state index contributed by atoms with van der Waals surface area (Å²) in [5.74, 6) is -0.559. The predicted molar refractivity (Wildman–Crippen MR) is 101 cm³/mol. The van der Waals surface area contributed by atoms with E-state index < -0.39 is 5.82 Å². The topological polar surface area (TPSA) is 76.0 Å². The van der Waals surface area contributed by atoms with Gasteiger partial charge in [-0.25, -0.2) is 9.37 Å². The Bertz CT molecular complexity index is 1000. The van der Waals surface area contributed by atoms with Crippen LogP contribution in [0, 0.1) is 12.7 Å². The average Bonchev–Trinajstić information content (AvgIpc) is 2.64. The van der Waals surface area contributed by atoms with E-state index in [-0.39, 0.29) is 24.0 Å². The predicted octanol–water partition coefficient (Wildman–Crippen LogP) is 2.75. The van der Waals surface area contributed by atoms with Gasteiger partial charge in [0.25, 0.3) is 5.56 Å². The molecule has 0 atom stereocenters. The first-order chi connectivity index (χ1) is 13.0. The Morgan fingerprint density at radius 1 is 1.11 bits per heavy atom. The normalized spacial score (nSPS) is 10.4. The second-order valence-electron chi connectivity index (χ2n) is 6.04. The Hall–Kier alpha value is -3.48. The molecule has 27 heavy (non-hydrogen) atoms. The zero-order valence-electron chi connectivity index (χ0n) is 14.8. The summed E-state index contributed by atoms with van der Waals surface area (Å²) in [5.41, 5.74) is 1.53. The average molecular weight is 366 g/mol. The summed E-state index contributed by atoms with van der Waals surface area (Å²) >= 11 is 0. The third-order valence-corrected chi connectivity index (χ3v) is 3.85. The van der Waals surface area contributed by atoms with Crippen LogP contribution in [0.1, 0.15) is 11.3 Å². The zero-order chi connectivity index (χ0) is 19.2. The van der Waals surface area contributed by atoms with Gasteiger partial charge < -0.3 is 10.6 Å². The number of aromatic nitrogens is 2. The minimum absolute atomic E-state index is 0.181. The molecule has 1 aromatic heterocycles. The van der Waals surface area contributed by atoms with Gasteiger partial charge in [0.05, 0.1) is 0 Å². The van der Waals surface area contributed by atoms with Crippen LogP contribution < -0.4 is 16.2 Å². The van der Waals surface area contributed by atoms with Gasteiger partial charge in [-0.15, -0.1) is 0 Å². The molecule has 0 saturated heterocycles. The second-order valence-corrected chi connectivity index (χ2v) is 6.04. The molecular weight excluding hydrogens is 347 g/mol. The van der Waals surface area contributed by atoms with Gasteiger partial charge in [-0.1, -0.05) is 36.4 Å². The molecule has 1 heterocycles. The number of rotatable bonds is 6. The van der Waals surface area contributed by atoms with Crippen LogP contribution in [-0.4, -0.2) is 15.5 Å². The van der Waals surface area contributed by atoms with E-state index in [0.29, 0.717) is 17.9 Å². The van der Waals surface area contributed by atoms with E-state index in [0.717, 1.165) is 5.56 Å². The summed E-state index contributed by atoms with van der Waals surface area (Å²) in [6.07, 6.45) is 0. The minimum atomic E-state index is -0.415. The number of aryl methyl sites for hydroxylation is 1. The lowest BCUT2D eigenvalue weighted by atomic mass is 10.2. The van der Waals surface area contributed by atoms with Crippen molar-refractivity contribution in [2.75, 3.05) is 5.32 Å². The van der Waals surface area contributed by atoms with Crippen molar-refractivity contribution < 1.29 is 9.18 Å². The molecule has 2 aromatic carbocycles. The number of hydrogen-bond acceptors (Lipinski definition) is 4. The summed E-state index contributed by atoms with van der Waals surface area (Å²) in [4.78, 5) is 28.9. The van der Waals surface area contributed by atoms with Crippen molar-refractivity contribution in [3.8, 4) is 0 Å². The summed E-state index contributed by atoms with van der Waals surface area (Å²) in [6, 6.07) is 16.6. The van der Waals surface area contributed by atoms with Gasteiger partial charge in [-0.05, 0) is 30.7 Å². The fourth-order valence-corrected chi connectivity index (χ4v) is 2.56. The van der Waals surface area contributed by atoms with Gasteiger partial charge in [0.15, 0.2) is 0 Å². The first kappa shape index (κ1) is 18.3. The van der Waals surface area contributed by atoms with Crippen LogP contribution in [0.15, 0.2) is 65.5 Å². The Morgan fingerprint density at radius 3 is 2.63 bits per heavy atom. The molecule has 0 spiro atoms. The van der Waals surface area contributed by atoms with Crippen molar-refractivity contribution in [2.45, 2.75) is 20.0 Å². The molecule has 0 aliphatic heterocycles. The summed E-state index contributed by atoms with van der Waals surface area (Å²) < 4.78 is 14.6. The second kappa shape index (κ2) is 8.27. The lowest BCUT2D eigenvalue weighted by Crippen LogP contribution is -2.33. The van der Waals surface area contributed by atoms with E-state index in [1.165, 1.54) is 22.8 Å². The quantitative estimate of drug-likeness (QED) is 0.703. The van der Waals surface area contributed by atoms with Crippen LogP contribution in [0.25, 0.3) is 0 Å². The number of amides is 1. The number of carbonyl (C=O) groups is 1. The first-order valence-corrected chi connectivity index (χ1v) is 8.43. The molecule has 138 valence electrons. The summed E-state index contributed by atoms with van der Waals surface area (Å²) in [5, 5.41) is 5.68. The van der Waals surface area contributed by atoms with E-state index in [1.807, 2.05) is 30.3 Å². The zero-order valence-corrected chi connectivity index (χ0v) is 14.8. The molecule has 0 saturated carbocycles. The SMILES string of the molecule is Cc1cc(=O)n(CC(=O)NCc2ccccc2)c(Nc2cccc(F)c2)n1. The Morgan fingerprint density at radius 2 is 1.89 bits per heavy atom. The van der Waals surface area contributed by atoms with Gasteiger partial charge >= 0.3 is 0 Å². The smallest absolute Gasteiger partial charge is 0.255 e. The molecule has 0 bridgehead atoms. The van der Waals surface area contributed by atoms with E-state index in [2.05, 4.69) is 15.6 Å². The van der Waals surface area contributed by atoms with Crippen molar-refractivity contribution in [3.63, 3.8) is 0 Å². The van der Waals surface area contributed by atoms with Crippen LogP contribution >= 0.6 is 0 Å². The van der Waals surface area contributed by atoms with Gasteiger partial charge in [0, 0.05) is 24.0 Å². The number of benzene rings is 2. The van der Waals surface area contributed by atoms with Crippen LogP contribution in [-0.2, 0) is 17.9 Å². The maximum absolute atomic E-state index is 13.4. The van der Waals surface area contributed by atoms with Crippen LogP contribution in [0.3, 0.4) is 0 Å². The maximum Gasteiger partial charge on any atom is 0.255 e. The molecule has 1 amide bonds. The number of hydrogen-bond donors (Lipinski definition) is 2. The number of nitrogens with zero attached hydrogens (tertiary/aromatic N) is 2. The molecule has 0 fully saturated rings. The fourth-order valence-electron chi connectivity index (χ4n) is 2.56. The lowest BCUT2D eigenvalue weighted by molar-refractivity contribution is -0.121. The van der Waals surface area contributed by atoms with Crippen LogP contribution in [0.5, 0.6) is 0 Å². The van der Waals surface area contributed by atoms with E-state index in [1.54, 1.807) is 19.1 Å².